The number of carbonyl (C=O) groups is 1. The van der Waals surface area contributed by atoms with Gasteiger partial charge in [-0.25, -0.2) is 0 Å². The van der Waals surface area contributed by atoms with E-state index in [0.717, 1.165) is 5.70 Å². The summed E-state index contributed by atoms with van der Waals surface area (Å²) in [5, 5.41) is 6.24. The minimum Gasteiger partial charge on any atom is -0.387 e. The number of hydrogen-bond donors (Lipinski definition) is 2. The molecule has 0 unspecified atom stereocenters. The van der Waals surface area contributed by atoms with Crippen LogP contribution in [0.1, 0.15) is 27.2 Å². The van der Waals surface area contributed by atoms with Gasteiger partial charge in [0.1, 0.15) is 0 Å². The Hall–Kier alpha value is -2.43. The molecule has 0 aromatic heterocycles. The molecule has 0 aliphatic carbocycles. The standard InChI is InChI=1S/C21H32FN3O/c1-6-10-19(11-8-9-12-23-16-18(5)15-22)21(26)20(7-2)25-14-13-24-17(3)4/h6-8,10-12,18,24-25H,1,3,9,13-16H2,2,4-5H3/b11-8-,19-10+,20-7+,23-12?/t18-/m0/s1. The molecule has 5 heteroatoms. The summed E-state index contributed by atoms with van der Waals surface area (Å²) in [5.74, 6) is -0.155. The smallest absolute Gasteiger partial charge is 0.208 e. The number of nitrogens with one attached hydrogen (secondary N) is 2. The van der Waals surface area contributed by atoms with Crippen molar-refractivity contribution in [2.24, 2.45) is 10.9 Å². The van der Waals surface area contributed by atoms with Crippen LogP contribution in [0.15, 0.2) is 65.5 Å². The van der Waals surface area contributed by atoms with Crippen molar-refractivity contribution in [3.8, 4) is 0 Å². The van der Waals surface area contributed by atoms with Crippen molar-refractivity contribution in [2.75, 3.05) is 26.3 Å². The molecule has 0 aliphatic rings. The van der Waals surface area contributed by atoms with Gasteiger partial charge in [0.15, 0.2) is 0 Å². The highest BCUT2D eigenvalue weighted by molar-refractivity contribution is 6.09. The largest absolute Gasteiger partial charge is 0.387 e. The molecule has 0 spiro atoms. The number of alkyl halides is 1. The molecular formula is C21H32FN3O. The minimum absolute atomic E-state index is 0.0595. The maximum atomic E-state index is 12.6. The molecule has 0 saturated carbocycles. The molecule has 0 fully saturated rings. The van der Waals surface area contributed by atoms with Gasteiger partial charge in [0.05, 0.1) is 12.4 Å². The summed E-state index contributed by atoms with van der Waals surface area (Å²) in [7, 11) is 0. The van der Waals surface area contributed by atoms with Crippen molar-refractivity contribution in [1.29, 1.82) is 0 Å². The lowest BCUT2D eigenvalue weighted by atomic mass is 10.1. The minimum atomic E-state index is -0.366. The third kappa shape index (κ3) is 11.2. The fraction of sp³-hybridized carbons (Fsp3) is 0.429. The average molecular weight is 362 g/mol. The molecule has 144 valence electrons. The number of ketones is 1. The number of hydrogen-bond acceptors (Lipinski definition) is 4. The van der Waals surface area contributed by atoms with E-state index >= 15 is 0 Å². The molecule has 0 amide bonds. The van der Waals surface area contributed by atoms with Crippen molar-refractivity contribution >= 4 is 12.0 Å². The molecule has 0 aromatic rings. The van der Waals surface area contributed by atoms with E-state index in [9.17, 15) is 9.18 Å². The zero-order valence-electron chi connectivity index (χ0n) is 16.2. The van der Waals surface area contributed by atoms with E-state index in [-0.39, 0.29) is 18.4 Å². The molecule has 0 bridgehead atoms. The predicted molar refractivity (Wildman–Crippen MR) is 110 cm³/mol. The molecule has 0 aromatic carbocycles. The highest BCUT2D eigenvalue weighted by Crippen LogP contribution is 2.07. The molecule has 1 atom stereocenters. The molecule has 0 radical (unpaired) electrons. The van der Waals surface area contributed by atoms with E-state index in [1.165, 1.54) is 0 Å². The zero-order chi connectivity index (χ0) is 19.8. The number of rotatable bonds is 14. The van der Waals surface area contributed by atoms with Crippen LogP contribution in [0.4, 0.5) is 4.39 Å². The lowest BCUT2D eigenvalue weighted by Gasteiger charge is -2.11. The van der Waals surface area contributed by atoms with Crippen molar-refractivity contribution in [1.82, 2.24) is 10.6 Å². The fourth-order valence-electron chi connectivity index (χ4n) is 1.91. The van der Waals surface area contributed by atoms with Crippen molar-refractivity contribution in [2.45, 2.75) is 27.2 Å². The lowest BCUT2D eigenvalue weighted by Crippen LogP contribution is -2.29. The Bertz CT molecular complexity index is 574. The Morgan fingerprint density at radius 3 is 2.58 bits per heavy atom. The first-order valence-electron chi connectivity index (χ1n) is 8.84. The van der Waals surface area contributed by atoms with Gasteiger partial charge < -0.3 is 10.6 Å². The SMILES string of the molecule is C=C/C=C(\C=C/CC=NC[C@@H](C)CF)C(=O)/C(=C\C)NCCNC(=C)C. The van der Waals surface area contributed by atoms with E-state index in [2.05, 4.69) is 28.8 Å². The highest BCUT2D eigenvalue weighted by Gasteiger charge is 2.11. The monoisotopic (exact) mass is 361 g/mol. The predicted octanol–water partition coefficient (Wildman–Crippen LogP) is 3.91. The number of allylic oxidation sites excluding steroid dienone is 7. The molecule has 0 aliphatic heterocycles. The van der Waals surface area contributed by atoms with Crippen LogP contribution in [0.5, 0.6) is 0 Å². The maximum Gasteiger partial charge on any atom is 0.208 e. The van der Waals surface area contributed by atoms with Crippen LogP contribution in [-0.2, 0) is 4.79 Å². The van der Waals surface area contributed by atoms with Crippen LogP contribution in [0.25, 0.3) is 0 Å². The third-order valence-corrected chi connectivity index (χ3v) is 3.31. The molecule has 0 heterocycles. The quantitative estimate of drug-likeness (QED) is 0.213. The van der Waals surface area contributed by atoms with Crippen molar-refractivity contribution in [3.63, 3.8) is 0 Å². The van der Waals surface area contributed by atoms with Crippen LogP contribution in [0.3, 0.4) is 0 Å². The maximum absolute atomic E-state index is 12.6. The summed E-state index contributed by atoms with van der Waals surface area (Å²) in [6.07, 6.45) is 11.0. The van der Waals surface area contributed by atoms with E-state index < -0.39 is 0 Å². The van der Waals surface area contributed by atoms with Crippen LogP contribution >= 0.6 is 0 Å². The van der Waals surface area contributed by atoms with E-state index in [0.29, 0.717) is 37.3 Å². The van der Waals surface area contributed by atoms with Gasteiger partial charge in [-0.15, -0.1) is 0 Å². The second-order valence-corrected chi connectivity index (χ2v) is 5.97. The van der Waals surface area contributed by atoms with Gasteiger partial charge in [0.25, 0.3) is 0 Å². The summed E-state index contributed by atoms with van der Waals surface area (Å²) in [5.41, 5.74) is 1.97. The summed E-state index contributed by atoms with van der Waals surface area (Å²) in [6.45, 7) is 14.4. The van der Waals surface area contributed by atoms with Gasteiger partial charge in [-0.2, -0.15) is 0 Å². The number of Topliss-reactive ketones (excluding diaryl/α,β-unsaturated/α-hetero) is 1. The zero-order valence-corrected chi connectivity index (χ0v) is 16.2. The number of carbonyl (C=O) groups excluding carboxylic acids is 1. The topological polar surface area (TPSA) is 53.5 Å². The Morgan fingerprint density at radius 2 is 2.00 bits per heavy atom. The van der Waals surface area contributed by atoms with Crippen molar-refractivity contribution in [3.05, 3.63) is 60.5 Å². The van der Waals surface area contributed by atoms with E-state index in [1.807, 2.05) is 26.8 Å². The van der Waals surface area contributed by atoms with Crippen LogP contribution in [0.2, 0.25) is 0 Å². The summed E-state index contributed by atoms with van der Waals surface area (Å²) >= 11 is 0. The van der Waals surface area contributed by atoms with Gasteiger partial charge in [0.2, 0.25) is 5.78 Å². The molecule has 2 N–H and O–H groups in total. The summed E-state index contributed by atoms with van der Waals surface area (Å²) in [4.78, 5) is 16.8. The number of halogens is 1. The lowest BCUT2D eigenvalue weighted by molar-refractivity contribution is -0.112. The van der Waals surface area contributed by atoms with Gasteiger partial charge in [0, 0.05) is 49.5 Å². The van der Waals surface area contributed by atoms with E-state index in [1.54, 1.807) is 30.5 Å². The first-order chi connectivity index (χ1) is 12.5. The second kappa shape index (κ2) is 14.9. The Morgan fingerprint density at radius 1 is 1.31 bits per heavy atom. The molecule has 4 nitrogen and oxygen atoms in total. The van der Waals surface area contributed by atoms with Gasteiger partial charge in [-0.05, 0) is 13.8 Å². The Kier molecular flexibility index (Phi) is 13.5. The molecular weight excluding hydrogens is 329 g/mol. The van der Waals surface area contributed by atoms with Gasteiger partial charge >= 0.3 is 0 Å². The fourth-order valence-corrected chi connectivity index (χ4v) is 1.91. The first-order valence-corrected chi connectivity index (χ1v) is 8.84. The second-order valence-electron chi connectivity index (χ2n) is 5.97. The number of aliphatic imine (C=N–C) groups is 1. The molecule has 0 rings (SSSR count). The Balaban J connectivity index is 4.67. The van der Waals surface area contributed by atoms with Crippen molar-refractivity contribution < 1.29 is 9.18 Å². The van der Waals surface area contributed by atoms with Crippen LogP contribution < -0.4 is 10.6 Å². The van der Waals surface area contributed by atoms with Gasteiger partial charge in [-0.3, -0.25) is 14.2 Å². The van der Waals surface area contributed by atoms with E-state index in [4.69, 9.17) is 0 Å². The third-order valence-electron chi connectivity index (χ3n) is 3.31. The molecule has 26 heavy (non-hydrogen) atoms. The summed E-state index contributed by atoms with van der Waals surface area (Å²) < 4.78 is 12.3. The van der Waals surface area contributed by atoms with Crippen LogP contribution in [0, 0.1) is 5.92 Å². The van der Waals surface area contributed by atoms with Crippen LogP contribution in [-0.4, -0.2) is 38.3 Å². The highest BCUT2D eigenvalue weighted by atomic mass is 19.1. The normalized spacial score (nSPS) is 13.8. The summed E-state index contributed by atoms with van der Waals surface area (Å²) in [6, 6.07) is 0. The molecule has 0 saturated heterocycles. The number of nitrogens with zero attached hydrogens (tertiary/aromatic N) is 1. The van der Waals surface area contributed by atoms with Gasteiger partial charge in [-0.1, -0.05) is 50.5 Å². The average Bonchev–Trinajstić information content (AvgIpc) is 2.62. The first kappa shape index (κ1) is 23.6. The Labute approximate surface area is 157 Å².